The predicted molar refractivity (Wildman–Crippen MR) is 159 cm³/mol. The number of furan rings is 1. The van der Waals surface area contributed by atoms with E-state index in [2.05, 4.69) is 5.32 Å². The molecule has 0 radical (unpaired) electrons. The number of nitrogens with zero attached hydrogens (tertiary/aromatic N) is 1. The summed E-state index contributed by atoms with van der Waals surface area (Å²) in [6.07, 6.45) is 7.12. The molecule has 206 valence electrons. The molecular formula is C31H30N2O5S2. The number of ether oxygens (including phenoxy) is 1. The van der Waals surface area contributed by atoms with Crippen LogP contribution in [0.2, 0.25) is 0 Å². The third kappa shape index (κ3) is 5.28. The predicted octanol–water partition coefficient (Wildman–Crippen LogP) is 6.02. The fraction of sp³-hybridized carbons (Fsp3) is 0.323. The maximum atomic E-state index is 13.3. The van der Waals surface area contributed by atoms with Gasteiger partial charge in [-0.25, -0.2) is 0 Å². The van der Waals surface area contributed by atoms with E-state index in [0.717, 1.165) is 23.5 Å². The summed E-state index contributed by atoms with van der Waals surface area (Å²) in [5, 5.41) is 12.4. The molecule has 1 aromatic heterocycles. The van der Waals surface area contributed by atoms with Crippen LogP contribution in [0.5, 0.6) is 11.5 Å². The van der Waals surface area contributed by atoms with E-state index in [0.29, 0.717) is 50.9 Å². The maximum absolute atomic E-state index is 13.3. The van der Waals surface area contributed by atoms with Gasteiger partial charge in [0.2, 0.25) is 0 Å². The third-order valence-corrected chi connectivity index (χ3v) is 9.45. The lowest BCUT2D eigenvalue weighted by atomic mass is 9.94. The number of benzene rings is 2. The molecule has 2 aromatic carbocycles. The molecule has 3 unspecified atom stereocenters. The molecule has 2 aliphatic carbocycles. The SMILES string of the molecule is COc1ccc(-c2ccc(/C=C3\SC(=S)N(C4CC5CCC4C5)C3=O)o2)cc1C(=O)NCCc1ccc(O)cc1. The van der Waals surface area contributed by atoms with Gasteiger partial charge >= 0.3 is 0 Å². The van der Waals surface area contributed by atoms with Gasteiger partial charge in [-0.3, -0.25) is 14.5 Å². The zero-order chi connectivity index (χ0) is 27.8. The Labute approximate surface area is 242 Å². The van der Waals surface area contributed by atoms with Crippen molar-refractivity contribution in [1.82, 2.24) is 10.2 Å². The number of hydrogen-bond donors (Lipinski definition) is 2. The number of amides is 2. The Morgan fingerprint density at radius 2 is 2.00 bits per heavy atom. The summed E-state index contributed by atoms with van der Waals surface area (Å²) in [4.78, 5) is 28.7. The Bertz CT molecular complexity index is 1500. The van der Waals surface area contributed by atoms with Crippen LogP contribution in [0.25, 0.3) is 17.4 Å². The first-order chi connectivity index (χ1) is 19.4. The van der Waals surface area contributed by atoms with Crippen LogP contribution in [-0.2, 0) is 11.2 Å². The van der Waals surface area contributed by atoms with Gasteiger partial charge in [-0.2, -0.15) is 0 Å². The van der Waals surface area contributed by atoms with E-state index < -0.39 is 0 Å². The van der Waals surface area contributed by atoms with Crippen molar-refractivity contribution < 1.29 is 23.8 Å². The van der Waals surface area contributed by atoms with E-state index in [1.807, 2.05) is 35.2 Å². The Hall–Kier alpha value is -3.56. The van der Waals surface area contributed by atoms with E-state index in [4.69, 9.17) is 21.4 Å². The molecule has 9 heteroatoms. The van der Waals surface area contributed by atoms with Gasteiger partial charge in [0.05, 0.1) is 17.6 Å². The van der Waals surface area contributed by atoms with Gasteiger partial charge in [0.25, 0.3) is 11.8 Å². The largest absolute Gasteiger partial charge is 0.508 e. The van der Waals surface area contributed by atoms with Crippen molar-refractivity contribution in [2.24, 2.45) is 11.8 Å². The summed E-state index contributed by atoms with van der Waals surface area (Å²) in [7, 11) is 1.53. The highest BCUT2D eigenvalue weighted by Gasteiger charge is 2.48. The molecule has 2 N–H and O–H groups in total. The molecule has 1 saturated heterocycles. The van der Waals surface area contributed by atoms with Gasteiger partial charge in [0.15, 0.2) is 0 Å². The number of thioether (sulfide) groups is 1. The van der Waals surface area contributed by atoms with Crippen LogP contribution < -0.4 is 10.1 Å². The van der Waals surface area contributed by atoms with Gasteiger partial charge in [-0.1, -0.05) is 42.5 Å². The van der Waals surface area contributed by atoms with Crippen molar-refractivity contribution in [1.29, 1.82) is 0 Å². The van der Waals surface area contributed by atoms with E-state index >= 15 is 0 Å². The van der Waals surface area contributed by atoms with Crippen molar-refractivity contribution in [3.05, 3.63) is 76.4 Å². The van der Waals surface area contributed by atoms with Crippen LogP contribution in [0.15, 0.2) is 63.9 Å². The van der Waals surface area contributed by atoms with E-state index in [1.54, 1.807) is 30.3 Å². The normalized spacial score (nSPS) is 22.9. The summed E-state index contributed by atoms with van der Waals surface area (Å²) in [6.45, 7) is 0.433. The van der Waals surface area contributed by atoms with Crippen LogP contribution in [0, 0.1) is 11.8 Å². The van der Waals surface area contributed by atoms with Crippen LogP contribution in [0.3, 0.4) is 0 Å². The van der Waals surface area contributed by atoms with Gasteiger partial charge in [0, 0.05) is 24.2 Å². The molecule has 3 aliphatic rings. The molecule has 0 spiro atoms. The van der Waals surface area contributed by atoms with Crippen LogP contribution in [-0.4, -0.2) is 45.8 Å². The minimum atomic E-state index is -0.256. The number of phenols is 1. The minimum Gasteiger partial charge on any atom is -0.508 e. The molecule has 3 fully saturated rings. The van der Waals surface area contributed by atoms with Crippen LogP contribution in [0.1, 0.15) is 47.4 Å². The Balaban J connectivity index is 1.15. The number of phenolic OH excluding ortho intramolecular Hbond substituents is 1. The minimum absolute atomic E-state index is 0.0267. The first-order valence-corrected chi connectivity index (χ1v) is 14.7. The van der Waals surface area contributed by atoms with Gasteiger partial charge in [-0.05, 0) is 85.5 Å². The number of methoxy groups -OCH3 is 1. The number of carbonyl (C=O) groups is 2. The topological polar surface area (TPSA) is 92.0 Å². The van der Waals surface area contributed by atoms with E-state index in [-0.39, 0.29) is 23.6 Å². The quantitative estimate of drug-likeness (QED) is 0.251. The van der Waals surface area contributed by atoms with Crippen molar-refractivity contribution in [3.63, 3.8) is 0 Å². The molecule has 6 rings (SSSR count). The summed E-state index contributed by atoms with van der Waals surface area (Å²) in [6, 6.07) is 16.1. The highest BCUT2D eigenvalue weighted by atomic mass is 32.2. The summed E-state index contributed by atoms with van der Waals surface area (Å²) < 4.78 is 12.2. The zero-order valence-corrected chi connectivity index (χ0v) is 23.7. The van der Waals surface area contributed by atoms with Crippen LogP contribution >= 0.6 is 24.0 Å². The number of carbonyl (C=O) groups excluding carboxylic acids is 2. The molecule has 7 nitrogen and oxygen atoms in total. The van der Waals surface area contributed by atoms with Crippen molar-refractivity contribution in [3.8, 4) is 22.8 Å². The standard InChI is InChI=1S/C31H30N2O5S2/c1-37-27-10-6-21(16-24(27)29(35)32-13-12-18-3-7-22(34)8-4-18)26-11-9-23(38-26)17-28-30(36)33(31(39)40-28)25-15-19-2-5-20(25)14-19/h3-4,6-11,16-17,19-20,25,34H,2,5,12-15H2,1H3,(H,32,35)/b28-17-. The summed E-state index contributed by atoms with van der Waals surface area (Å²) in [5.41, 5.74) is 2.13. The second kappa shape index (κ2) is 11.1. The summed E-state index contributed by atoms with van der Waals surface area (Å²) in [5.74, 6) is 2.82. The highest BCUT2D eigenvalue weighted by Crippen LogP contribution is 2.49. The van der Waals surface area contributed by atoms with E-state index in [9.17, 15) is 14.7 Å². The van der Waals surface area contributed by atoms with E-state index in [1.165, 1.54) is 38.1 Å². The molecule has 3 atom stereocenters. The van der Waals surface area contributed by atoms with Crippen LogP contribution in [0.4, 0.5) is 0 Å². The smallest absolute Gasteiger partial charge is 0.266 e. The monoisotopic (exact) mass is 574 g/mol. The molecule has 2 bridgehead atoms. The lowest BCUT2D eigenvalue weighted by molar-refractivity contribution is -0.124. The molecule has 3 aromatic rings. The molecule has 1 aliphatic heterocycles. The van der Waals surface area contributed by atoms with Crippen molar-refractivity contribution >= 4 is 46.2 Å². The first kappa shape index (κ1) is 26.7. The second-order valence-corrected chi connectivity index (χ2v) is 12.3. The average molecular weight is 575 g/mol. The molecule has 40 heavy (non-hydrogen) atoms. The third-order valence-electron chi connectivity index (χ3n) is 8.12. The van der Waals surface area contributed by atoms with Crippen molar-refractivity contribution in [2.45, 2.75) is 38.1 Å². The average Bonchev–Trinajstić information content (AvgIpc) is 3.75. The first-order valence-electron chi connectivity index (χ1n) is 13.5. The number of rotatable bonds is 8. The number of thiocarbonyl (C=S) groups is 1. The zero-order valence-electron chi connectivity index (χ0n) is 22.1. The fourth-order valence-electron chi connectivity index (χ4n) is 6.12. The Kier molecular flexibility index (Phi) is 7.42. The highest BCUT2D eigenvalue weighted by molar-refractivity contribution is 8.26. The number of aromatic hydroxyl groups is 1. The second-order valence-electron chi connectivity index (χ2n) is 10.6. The molecular weight excluding hydrogens is 544 g/mol. The lowest BCUT2D eigenvalue weighted by Crippen LogP contribution is -2.41. The van der Waals surface area contributed by atoms with Gasteiger partial charge in [0.1, 0.15) is 27.3 Å². The van der Waals surface area contributed by atoms with Gasteiger partial charge < -0.3 is 19.6 Å². The number of nitrogens with one attached hydrogen (secondary N) is 1. The fourth-order valence-corrected chi connectivity index (χ4v) is 7.48. The number of hydrogen-bond acceptors (Lipinski definition) is 7. The number of fused-ring (bicyclic) bond motifs is 2. The molecule has 2 saturated carbocycles. The molecule has 2 amide bonds. The lowest BCUT2D eigenvalue weighted by Gasteiger charge is -2.30. The van der Waals surface area contributed by atoms with Gasteiger partial charge in [-0.15, -0.1) is 0 Å². The maximum Gasteiger partial charge on any atom is 0.266 e. The Morgan fingerprint density at radius 3 is 2.73 bits per heavy atom. The van der Waals surface area contributed by atoms with Crippen molar-refractivity contribution in [2.75, 3.05) is 13.7 Å². The summed E-state index contributed by atoms with van der Waals surface area (Å²) >= 11 is 6.95. The molecule has 2 heterocycles. The Morgan fingerprint density at radius 1 is 1.18 bits per heavy atom.